The highest BCUT2D eigenvalue weighted by molar-refractivity contribution is 5.79. The zero-order valence-electron chi connectivity index (χ0n) is 10.7. The molecule has 0 aromatic rings. The molecule has 2 aliphatic rings. The van der Waals surface area contributed by atoms with E-state index in [2.05, 4.69) is 5.32 Å². The van der Waals surface area contributed by atoms with Crippen molar-refractivity contribution in [3.05, 3.63) is 0 Å². The van der Waals surface area contributed by atoms with Crippen LogP contribution in [0, 0.1) is 0 Å². The van der Waals surface area contributed by atoms with Crippen LogP contribution in [0.15, 0.2) is 0 Å². The predicted octanol–water partition coefficient (Wildman–Crippen LogP) is 0.631. The van der Waals surface area contributed by atoms with Crippen LogP contribution in [0.1, 0.15) is 20.8 Å². The van der Waals surface area contributed by atoms with Crippen molar-refractivity contribution < 1.29 is 14.3 Å². The van der Waals surface area contributed by atoms with Gasteiger partial charge in [-0.05, 0) is 20.8 Å². The summed E-state index contributed by atoms with van der Waals surface area (Å²) in [5, 5.41) is 2.78. The van der Waals surface area contributed by atoms with Crippen LogP contribution >= 0.6 is 0 Å². The molecule has 0 unspecified atom stereocenters. The smallest absolute Gasteiger partial charge is 0.410 e. The van der Waals surface area contributed by atoms with Crippen molar-refractivity contribution in [1.82, 2.24) is 15.1 Å². The highest BCUT2D eigenvalue weighted by atomic mass is 16.6. The Morgan fingerprint density at radius 3 is 2.41 bits per heavy atom. The zero-order valence-corrected chi connectivity index (χ0v) is 10.7. The molecule has 6 nitrogen and oxygen atoms in total. The van der Waals surface area contributed by atoms with Gasteiger partial charge in [-0.15, -0.1) is 0 Å². The second-order valence-electron chi connectivity index (χ2n) is 5.78. The lowest BCUT2D eigenvalue weighted by atomic mass is 9.90. The van der Waals surface area contributed by atoms with Crippen molar-refractivity contribution in [1.29, 1.82) is 0 Å². The van der Waals surface area contributed by atoms with Gasteiger partial charge in [-0.3, -0.25) is 0 Å². The summed E-state index contributed by atoms with van der Waals surface area (Å²) in [7, 11) is 1.76. The maximum absolute atomic E-state index is 11.7. The molecule has 0 aromatic carbocycles. The minimum Gasteiger partial charge on any atom is -0.444 e. The van der Waals surface area contributed by atoms with Crippen molar-refractivity contribution in [3.8, 4) is 0 Å². The van der Waals surface area contributed by atoms with Crippen LogP contribution in [0.2, 0.25) is 0 Å². The molecule has 96 valence electrons. The number of ether oxygens (including phenoxy) is 1. The van der Waals surface area contributed by atoms with E-state index in [1.165, 1.54) is 0 Å². The zero-order chi connectivity index (χ0) is 12.8. The van der Waals surface area contributed by atoms with Crippen molar-refractivity contribution in [2.24, 2.45) is 0 Å². The number of hydrogen-bond donors (Lipinski definition) is 1. The van der Waals surface area contributed by atoms with Crippen molar-refractivity contribution in [2.45, 2.75) is 31.9 Å². The van der Waals surface area contributed by atoms with Gasteiger partial charge in [0.1, 0.15) is 5.60 Å². The number of rotatable bonds is 0. The number of nitrogens with zero attached hydrogens (tertiary/aromatic N) is 2. The van der Waals surface area contributed by atoms with E-state index in [1.807, 2.05) is 20.8 Å². The molecule has 1 N–H and O–H groups in total. The van der Waals surface area contributed by atoms with E-state index in [0.717, 1.165) is 0 Å². The van der Waals surface area contributed by atoms with Crippen LogP contribution in [-0.2, 0) is 4.74 Å². The Balaban J connectivity index is 1.91. The molecule has 0 aliphatic carbocycles. The second-order valence-corrected chi connectivity index (χ2v) is 5.78. The fourth-order valence-corrected chi connectivity index (χ4v) is 2.14. The number of carbonyl (C=O) groups excluding carboxylic acids is 2. The Bertz CT molecular complexity index is 355. The van der Waals surface area contributed by atoms with Gasteiger partial charge in [-0.1, -0.05) is 0 Å². The summed E-state index contributed by atoms with van der Waals surface area (Å²) < 4.78 is 5.27. The first-order chi connectivity index (χ1) is 7.73. The van der Waals surface area contributed by atoms with E-state index in [-0.39, 0.29) is 17.7 Å². The predicted molar refractivity (Wildman–Crippen MR) is 61.7 cm³/mol. The van der Waals surface area contributed by atoms with Gasteiger partial charge in [-0.25, -0.2) is 9.59 Å². The summed E-state index contributed by atoms with van der Waals surface area (Å²) >= 11 is 0. The van der Waals surface area contributed by atoms with Crippen molar-refractivity contribution in [3.63, 3.8) is 0 Å². The Labute approximate surface area is 101 Å². The highest BCUT2D eigenvalue weighted by Crippen LogP contribution is 2.30. The maximum Gasteiger partial charge on any atom is 0.410 e. The van der Waals surface area contributed by atoms with Crippen LogP contribution in [0.3, 0.4) is 0 Å². The summed E-state index contributed by atoms with van der Waals surface area (Å²) in [5.41, 5.74) is -0.705. The minimum absolute atomic E-state index is 0.0751. The van der Waals surface area contributed by atoms with Crippen molar-refractivity contribution in [2.75, 3.05) is 26.7 Å². The molecule has 1 spiro atoms. The normalized spacial score (nSPS) is 22.5. The molecule has 2 rings (SSSR count). The van der Waals surface area contributed by atoms with Gasteiger partial charge < -0.3 is 19.9 Å². The molecule has 0 radical (unpaired) electrons. The monoisotopic (exact) mass is 241 g/mol. The molecule has 2 heterocycles. The molecule has 0 bridgehead atoms. The lowest BCUT2D eigenvalue weighted by molar-refractivity contribution is -0.0304. The average molecular weight is 241 g/mol. The van der Waals surface area contributed by atoms with Gasteiger partial charge in [0.15, 0.2) is 0 Å². The molecule has 2 fully saturated rings. The SMILES string of the molecule is CN1C(=O)NCC12CN(C(=O)OC(C)(C)C)C2. The van der Waals surface area contributed by atoms with Gasteiger partial charge in [0, 0.05) is 13.6 Å². The summed E-state index contributed by atoms with van der Waals surface area (Å²) in [5.74, 6) is 0. The Kier molecular flexibility index (Phi) is 2.48. The molecule has 17 heavy (non-hydrogen) atoms. The van der Waals surface area contributed by atoms with Crippen LogP contribution in [-0.4, -0.2) is 59.7 Å². The number of urea groups is 1. The first-order valence-electron chi connectivity index (χ1n) is 5.73. The molecule has 0 atom stereocenters. The molecule has 6 heteroatoms. The average Bonchev–Trinajstić information content (AvgIpc) is 2.39. The number of hydrogen-bond acceptors (Lipinski definition) is 3. The number of likely N-dealkylation sites (N-methyl/N-ethyl adjacent to an activating group) is 1. The second kappa shape index (κ2) is 3.51. The Morgan fingerprint density at radius 1 is 1.41 bits per heavy atom. The first kappa shape index (κ1) is 12.0. The number of likely N-dealkylation sites (tertiary alicyclic amines) is 1. The molecule has 0 saturated carbocycles. The quantitative estimate of drug-likeness (QED) is 0.676. The minimum atomic E-state index is -0.477. The van der Waals surface area contributed by atoms with Gasteiger partial charge in [0.05, 0.1) is 18.6 Å². The Morgan fingerprint density at radius 2 is 2.00 bits per heavy atom. The lowest BCUT2D eigenvalue weighted by Gasteiger charge is -2.50. The van der Waals surface area contributed by atoms with E-state index in [9.17, 15) is 9.59 Å². The third-order valence-electron chi connectivity index (χ3n) is 3.21. The fraction of sp³-hybridized carbons (Fsp3) is 0.818. The number of carbonyl (C=O) groups is 2. The van der Waals surface area contributed by atoms with E-state index in [4.69, 9.17) is 4.74 Å². The first-order valence-corrected chi connectivity index (χ1v) is 5.73. The largest absolute Gasteiger partial charge is 0.444 e. The third-order valence-corrected chi connectivity index (χ3v) is 3.21. The van der Waals surface area contributed by atoms with Crippen LogP contribution in [0.4, 0.5) is 9.59 Å². The van der Waals surface area contributed by atoms with E-state index >= 15 is 0 Å². The van der Waals surface area contributed by atoms with Gasteiger partial charge in [-0.2, -0.15) is 0 Å². The van der Waals surface area contributed by atoms with Gasteiger partial charge in [0.25, 0.3) is 0 Å². The van der Waals surface area contributed by atoms with Gasteiger partial charge in [0.2, 0.25) is 0 Å². The molecule has 0 aromatic heterocycles. The third kappa shape index (κ3) is 2.03. The number of nitrogens with one attached hydrogen (secondary N) is 1. The van der Waals surface area contributed by atoms with Crippen LogP contribution < -0.4 is 5.32 Å². The van der Waals surface area contributed by atoms with Crippen molar-refractivity contribution >= 4 is 12.1 Å². The van der Waals surface area contributed by atoms with Crippen LogP contribution in [0.5, 0.6) is 0 Å². The summed E-state index contributed by atoms with van der Waals surface area (Å²) in [4.78, 5) is 26.4. The molecule has 2 saturated heterocycles. The molecular formula is C11H19N3O3. The topological polar surface area (TPSA) is 61.9 Å². The summed E-state index contributed by atoms with van der Waals surface area (Å²) in [6.07, 6.45) is -0.309. The fourth-order valence-electron chi connectivity index (χ4n) is 2.14. The maximum atomic E-state index is 11.7. The summed E-state index contributed by atoms with van der Waals surface area (Å²) in [6, 6.07) is -0.0751. The Hall–Kier alpha value is -1.46. The standard InChI is InChI=1S/C11H19N3O3/c1-10(2,3)17-9(16)14-6-11(7-14)5-12-8(15)13(11)4/h5-7H2,1-4H3,(H,12,15). The van der Waals surface area contributed by atoms with Gasteiger partial charge >= 0.3 is 12.1 Å². The lowest BCUT2D eigenvalue weighted by Crippen LogP contribution is -2.70. The van der Waals surface area contributed by atoms with E-state index in [1.54, 1.807) is 16.8 Å². The number of amides is 3. The molecular weight excluding hydrogens is 222 g/mol. The van der Waals surface area contributed by atoms with E-state index < -0.39 is 5.60 Å². The van der Waals surface area contributed by atoms with Crippen LogP contribution in [0.25, 0.3) is 0 Å². The van der Waals surface area contributed by atoms with E-state index in [0.29, 0.717) is 19.6 Å². The molecule has 3 amide bonds. The highest BCUT2D eigenvalue weighted by Gasteiger charge is 2.54. The molecule has 2 aliphatic heterocycles. The summed E-state index contributed by atoms with van der Waals surface area (Å²) in [6.45, 7) is 7.20.